The predicted molar refractivity (Wildman–Crippen MR) is 118 cm³/mol. The van der Waals surface area contributed by atoms with Gasteiger partial charge < -0.3 is 15.0 Å². The van der Waals surface area contributed by atoms with Gasteiger partial charge in [0.05, 0.1) is 18.3 Å². The van der Waals surface area contributed by atoms with Gasteiger partial charge >= 0.3 is 0 Å². The maximum absolute atomic E-state index is 5.91. The molecule has 3 unspecified atom stereocenters. The van der Waals surface area contributed by atoms with Crippen molar-refractivity contribution >= 4 is 41.3 Å². The van der Waals surface area contributed by atoms with Crippen LogP contribution in [-0.4, -0.2) is 48.7 Å². The Bertz CT molecular complexity index is 651. The monoisotopic (exact) mass is 490 g/mol. The van der Waals surface area contributed by atoms with Gasteiger partial charge in [0.15, 0.2) is 5.96 Å². The zero-order valence-corrected chi connectivity index (χ0v) is 19.4. The maximum atomic E-state index is 5.91. The Morgan fingerprint density at radius 2 is 2.15 bits per heavy atom. The third-order valence-corrected chi connectivity index (χ3v) is 7.36. The van der Waals surface area contributed by atoms with Crippen LogP contribution >= 0.6 is 35.3 Å². The number of ether oxygens (including phenoxy) is 1. The van der Waals surface area contributed by atoms with Crippen molar-refractivity contribution in [3.63, 3.8) is 0 Å². The minimum absolute atomic E-state index is 0. The lowest BCUT2D eigenvalue weighted by molar-refractivity contribution is -0.107. The average Bonchev–Trinajstić information content (AvgIpc) is 3.20. The molecular weight excluding hydrogens is 459 g/mol. The lowest BCUT2D eigenvalue weighted by Gasteiger charge is -2.55. The lowest BCUT2D eigenvalue weighted by Crippen LogP contribution is -2.67. The minimum atomic E-state index is 0. The third kappa shape index (κ3) is 3.51. The lowest BCUT2D eigenvalue weighted by atomic mass is 9.57. The molecule has 0 amide bonds. The Hall–Kier alpha value is -0.410. The van der Waals surface area contributed by atoms with Crippen molar-refractivity contribution in [1.29, 1.82) is 0 Å². The van der Waals surface area contributed by atoms with Crippen molar-refractivity contribution in [2.75, 3.05) is 20.7 Å². The zero-order valence-electron chi connectivity index (χ0n) is 16.2. The minimum Gasteiger partial charge on any atom is -0.377 e. The highest BCUT2D eigenvalue weighted by molar-refractivity contribution is 14.0. The van der Waals surface area contributed by atoms with Crippen LogP contribution in [0.5, 0.6) is 0 Å². The molecule has 1 saturated heterocycles. The van der Waals surface area contributed by atoms with Crippen LogP contribution in [0, 0.1) is 11.3 Å². The second kappa shape index (κ2) is 7.91. The van der Waals surface area contributed by atoms with Crippen molar-refractivity contribution in [2.45, 2.75) is 64.6 Å². The first-order valence-corrected chi connectivity index (χ1v) is 10.4. The fourth-order valence-electron chi connectivity index (χ4n) is 4.85. The highest BCUT2D eigenvalue weighted by Crippen LogP contribution is 2.52. The molecule has 2 aliphatic carbocycles. The molecule has 3 aliphatic rings. The standard InChI is InChI=1S/C19H30N4OS.HI/c1-19(2)16(12-9-10-24-17(12)19)22-18(20-3)23(4)11-15-21-13-7-5-6-8-14(13)25-15;/h12,16-17H,5-11H2,1-4H3,(H,20,22);1H. The quantitative estimate of drug-likeness (QED) is 0.401. The fourth-order valence-corrected chi connectivity index (χ4v) is 6.06. The molecular formula is C19H31IN4OS. The number of guanidine groups is 1. The number of halogens is 1. The molecule has 4 rings (SSSR count). The SMILES string of the molecule is CN=C(NC1C2CCOC2C1(C)C)N(C)Cc1nc2c(s1)CCCC2.I. The molecule has 0 spiro atoms. The molecule has 2 heterocycles. The molecule has 0 radical (unpaired) electrons. The van der Waals surface area contributed by atoms with E-state index in [1.54, 1.807) is 0 Å². The van der Waals surface area contributed by atoms with E-state index in [0.717, 1.165) is 32.0 Å². The molecule has 7 heteroatoms. The van der Waals surface area contributed by atoms with Gasteiger partial charge in [-0.2, -0.15) is 0 Å². The summed E-state index contributed by atoms with van der Waals surface area (Å²) in [6, 6.07) is 0.436. The van der Waals surface area contributed by atoms with E-state index in [2.05, 4.69) is 36.1 Å². The van der Waals surface area contributed by atoms with Gasteiger partial charge in [0.25, 0.3) is 0 Å². The van der Waals surface area contributed by atoms with E-state index in [4.69, 9.17) is 9.72 Å². The van der Waals surface area contributed by atoms with Crippen molar-refractivity contribution in [2.24, 2.45) is 16.3 Å². The van der Waals surface area contributed by atoms with Gasteiger partial charge in [-0.25, -0.2) is 4.98 Å². The summed E-state index contributed by atoms with van der Waals surface area (Å²) in [6.07, 6.45) is 6.53. The Balaban J connectivity index is 0.00000196. The molecule has 1 N–H and O–H groups in total. The third-order valence-electron chi connectivity index (χ3n) is 6.22. The number of aliphatic imine (C=N–C) groups is 1. The fraction of sp³-hybridized carbons (Fsp3) is 0.789. The van der Waals surface area contributed by atoms with E-state index >= 15 is 0 Å². The molecule has 0 aromatic carbocycles. The first-order chi connectivity index (χ1) is 12.0. The molecule has 1 aromatic rings. The van der Waals surface area contributed by atoms with E-state index in [1.165, 1.54) is 34.8 Å². The number of rotatable bonds is 3. The van der Waals surface area contributed by atoms with Gasteiger partial charge in [-0.05, 0) is 32.1 Å². The van der Waals surface area contributed by atoms with Crippen LogP contribution in [0.15, 0.2) is 4.99 Å². The highest BCUT2D eigenvalue weighted by Gasteiger charge is 2.59. The van der Waals surface area contributed by atoms with Crippen molar-refractivity contribution in [3.05, 3.63) is 15.6 Å². The molecule has 146 valence electrons. The van der Waals surface area contributed by atoms with E-state index in [0.29, 0.717) is 18.1 Å². The normalized spacial score (nSPS) is 29.2. The van der Waals surface area contributed by atoms with Gasteiger partial charge in [0.2, 0.25) is 0 Å². The van der Waals surface area contributed by atoms with Gasteiger partial charge in [-0.15, -0.1) is 35.3 Å². The van der Waals surface area contributed by atoms with Crippen LogP contribution in [-0.2, 0) is 24.1 Å². The number of aryl methyl sites for hydroxylation is 2. The average molecular weight is 490 g/mol. The number of nitrogens with one attached hydrogen (secondary N) is 1. The molecule has 1 aromatic heterocycles. The largest absolute Gasteiger partial charge is 0.377 e. The number of aromatic nitrogens is 1. The van der Waals surface area contributed by atoms with Crippen LogP contribution < -0.4 is 5.32 Å². The predicted octanol–water partition coefficient (Wildman–Crippen LogP) is 3.46. The summed E-state index contributed by atoms with van der Waals surface area (Å²) in [6.45, 7) is 6.34. The first kappa shape index (κ1) is 20.3. The van der Waals surface area contributed by atoms with Crippen LogP contribution in [0.2, 0.25) is 0 Å². The van der Waals surface area contributed by atoms with Crippen LogP contribution in [0.3, 0.4) is 0 Å². The molecule has 26 heavy (non-hydrogen) atoms. The summed E-state index contributed by atoms with van der Waals surface area (Å²) in [4.78, 5) is 13.1. The number of nitrogens with zero attached hydrogens (tertiary/aromatic N) is 3. The molecule has 3 atom stereocenters. The maximum Gasteiger partial charge on any atom is 0.194 e. The number of hydrogen-bond donors (Lipinski definition) is 1. The molecule has 2 fully saturated rings. The summed E-state index contributed by atoms with van der Waals surface area (Å²) in [7, 11) is 3.99. The van der Waals surface area contributed by atoms with Crippen LogP contribution in [0.1, 0.15) is 48.7 Å². The molecule has 5 nitrogen and oxygen atoms in total. The second-order valence-electron chi connectivity index (χ2n) is 8.28. The van der Waals surface area contributed by atoms with Gasteiger partial charge in [0, 0.05) is 43.0 Å². The van der Waals surface area contributed by atoms with Crippen molar-refractivity contribution in [3.8, 4) is 0 Å². The van der Waals surface area contributed by atoms with E-state index < -0.39 is 0 Å². The van der Waals surface area contributed by atoms with Crippen molar-refractivity contribution in [1.82, 2.24) is 15.2 Å². The summed E-state index contributed by atoms with van der Waals surface area (Å²) in [5.41, 5.74) is 1.51. The summed E-state index contributed by atoms with van der Waals surface area (Å²) >= 11 is 1.89. The van der Waals surface area contributed by atoms with Gasteiger partial charge in [0.1, 0.15) is 5.01 Å². The molecule has 0 bridgehead atoms. The molecule has 1 aliphatic heterocycles. The molecule has 1 saturated carbocycles. The smallest absolute Gasteiger partial charge is 0.194 e. The van der Waals surface area contributed by atoms with E-state index in [1.807, 2.05) is 18.4 Å². The first-order valence-electron chi connectivity index (χ1n) is 9.54. The van der Waals surface area contributed by atoms with Gasteiger partial charge in [-0.3, -0.25) is 4.99 Å². The number of thiazole rings is 1. The highest BCUT2D eigenvalue weighted by atomic mass is 127. The Morgan fingerprint density at radius 3 is 2.88 bits per heavy atom. The van der Waals surface area contributed by atoms with Crippen LogP contribution in [0.25, 0.3) is 0 Å². The van der Waals surface area contributed by atoms with Gasteiger partial charge in [-0.1, -0.05) is 13.8 Å². The zero-order chi connectivity index (χ0) is 17.6. The summed E-state index contributed by atoms with van der Waals surface area (Å²) in [5, 5.41) is 4.93. The van der Waals surface area contributed by atoms with E-state index in [9.17, 15) is 0 Å². The van der Waals surface area contributed by atoms with E-state index in [-0.39, 0.29) is 29.4 Å². The Kier molecular flexibility index (Phi) is 6.19. The van der Waals surface area contributed by atoms with Crippen LogP contribution in [0.4, 0.5) is 0 Å². The topological polar surface area (TPSA) is 49.8 Å². The van der Waals surface area contributed by atoms with Crippen molar-refractivity contribution < 1.29 is 4.74 Å². The summed E-state index contributed by atoms with van der Waals surface area (Å²) < 4.78 is 5.91. The Labute approximate surface area is 178 Å². The number of fused-ring (bicyclic) bond motifs is 2. The number of hydrogen-bond acceptors (Lipinski definition) is 4. The summed E-state index contributed by atoms with van der Waals surface area (Å²) in [5.74, 6) is 1.59. The second-order valence-corrected chi connectivity index (χ2v) is 9.44. The Morgan fingerprint density at radius 1 is 1.38 bits per heavy atom.